The van der Waals surface area contributed by atoms with Crippen molar-refractivity contribution in [3.8, 4) is 0 Å². The van der Waals surface area contributed by atoms with Gasteiger partial charge in [0.25, 0.3) is 0 Å². The standard InChI is InChI=1S/C14H19N3O2/c1-10-9-17(13-4-5-15-8-12(10)13)11(2)14(18)16-6-7-19-3/h4-5,8-9,11H,6-7H2,1-3H3,(H,16,18)/t11-/m0/s1. The molecule has 0 fully saturated rings. The van der Waals surface area contributed by atoms with Crippen LogP contribution in [0.5, 0.6) is 0 Å². The molecule has 0 spiro atoms. The molecule has 19 heavy (non-hydrogen) atoms. The van der Waals surface area contributed by atoms with E-state index < -0.39 is 0 Å². The topological polar surface area (TPSA) is 56.1 Å². The molecule has 5 nitrogen and oxygen atoms in total. The Hall–Kier alpha value is -1.88. The van der Waals surface area contributed by atoms with Gasteiger partial charge in [0, 0.05) is 37.6 Å². The van der Waals surface area contributed by atoms with Crippen molar-refractivity contribution < 1.29 is 9.53 Å². The minimum Gasteiger partial charge on any atom is -0.383 e. The van der Waals surface area contributed by atoms with Gasteiger partial charge in [0.05, 0.1) is 12.1 Å². The number of rotatable bonds is 5. The number of methoxy groups -OCH3 is 1. The summed E-state index contributed by atoms with van der Waals surface area (Å²) in [4.78, 5) is 16.2. The summed E-state index contributed by atoms with van der Waals surface area (Å²) in [7, 11) is 1.62. The smallest absolute Gasteiger partial charge is 0.242 e. The van der Waals surface area contributed by atoms with E-state index in [0.717, 1.165) is 16.5 Å². The van der Waals surface area contributed by atoms with Gasteiger partial charge in [-0.1, -0.05) is 0 Å². The van der Waals surface area contributed by atoms with Gasteiger partial charge in [-0.3, -0.25) is 9.78 Å². The van der Waals surface area contributed by atoms with Gasteiger partial charge in [-0.25, -0.2) is 0 Å². The van der Waals surface area contributed by atoms with E-state index in [1.54, 1.807) is 13.3 Å². The van der Waals surface area contributed by atoms with Crippen LogP contribution in [0.3, 0.4) is 0 Å². The zero-order valence-electron chi connectivity index (χ0n) is 11.5. The van der Waals surface area contributed by atoms with Crippen LogP contribution in [0, 0.1) is 6.92 Å². The van der Waals surface area contributed by atoms with E-state index in [1.165, 1.54) is 0 Å². The van der Waals surface area contributed by atoms with Crippen molar-refractivity contribution in [3.05, 3.63) is 30.2 Å². The van der Waals surface area contributed by atoms with Crippen molar-refractivity contribution in [2.75, 3.05) is 20.3 Å². The molecule has 2 heterocycles. The van der Waals surface area contributed by atoms with E-state index in [1.807, 2.05) is 36.9 Å². The molecule has 0 aromatic carbocycles. The lowest BCUT2D eigenvalue weighted by molar-refractivity contribution is -0.123. The highest BCUT2D eigenvalue weighted by Gasteiger charge is 2.17. The molecule has 0 bridgehead atoms. The van der Waals surface area contributed by atoms with Crippen LogP contribution in [-0.2, 0) is 9.53 Å². The summed E-state index contributed by atoms with van der Waals surface area (Å²) in [6, 6.07) is 1.68. The quantitative estimate of drug-likeness (QED) is 0.833. The molecule has 5 heteroatoms. The first kappa shape index (κ1) is 13.5. The molecule has 0 saturated heterocycles. The molecule has 0 aliphatic carbocycles. The number of carbonyl (C=O) groups is 1. The molecule has 2 aromatic rings. The van der Waals surface area contributed by atoms with E-state index in [9.17, 15) is 4.79 Å². The molecule has 0 radical (unpaired) electrons. The number of hydrogen-bond acceptors (Lipinski definition) is 3. The van der Waals surface area contributed by atoms with E-state index in [2.05, 4.69) is 10.3 Å². The van der Waals surface area contributed by atoms with Crippen molar-refractivity contribution in [2.45, 2.75) is 19.9 Å². The minimum absolute atomic E-state index is 0.00855. The first-order chi connectivity index (χ1) is 9.15. The van der Waals surface area contributed by atoms with Crippen LogP contribution >= 0.6 is 0 Å². The molecule has 1 N–H and O–H groups in total. The zero-order valence-corrected chi connectivity index (χ0v) is 11.5. The molecule has 1 atom stereocenters. The van der Waals surface area contributed by atoms with Crippen LogP contribution < -0.4 is 5.32 Å². The van der Waals surface area contributed by atoms with Gasteiger partial charge in [-0.15, -0.1) is 0 Å². The maximum atomic E-state index is 12.1. The molecule has 0 aliphatic rings. The van der Waals surface area contributed by atoms with E-state index in [-0.39, 0.29) is 11.9 Å². The molecule has 0 unspecified atom stereocenters. The molecule has 2 rings (SSSR count). The Morgan fingerprint density at radius 3 is 3.11 bits per heavy atom. The van der Waals surface area contributed by atoms with Gasteiger partial charge in [0.1, 0.15) is 6.04 Å². The fraction of sp³-hybridized carbons (Fsp3) is 0.429. The number of nitrogens with zero attached hydrogens (tertiary/aromatic N) is 2. The van der Waals surface area contributed by atoms with Crippen LogP contribution in [0.15, 0.2) is 24.7 Å². The number of hydrogen-bond donors (Lipinski definition) is 1. The summed E-state index contributed by atoms with van der Waals surface area (Å²) in [5, 5.41) is 3.94. The molecule has 0 saturated carbocycles. The average Bonchev–Trinajstić information content (AvgIpc) is 2.76. The van der Waals surface area contributed by atoms with Crippen LogP contribution in [0.2, 0.25) is 0 Å². The maximum absolute atomic E-state index is 12.1. The second kappa shape index (κ2) is 5.84. The Kier molecular flexibility index (Phi) is 4.16. The predicted molar refractivity (Wildman–Crippen MR) is 74.1 cm³/mol. The third-order valence-electron chi connectivity index (χ3n) is 3.24. The number of nitrogens with one attached hydrogen (secondary N) is 1. The highest BCUT2D eigenvalue weighted by atomic mass is 16.5. The SMILES string of the molecule is COCCNC(=O)[C@H](C)n1cc(C)c2cnccc21. The lowest BCUT2D eigenvalue weighted by Gasteiger charge is -2.15. The van der Waals surface area contributed by atoms with Crippen LogP contribution in [0.4, 0.5) is 0 Å². The first-order valence-corrected chi connectivity index (χ1v) is 6.33. The minimum atomic E-state index is -0.254. The summed E-state index contributed by atoms with van der Waals surface area (Å²) in [5.41, 5.74) is 2.15. The van der Waals surface area contributed by atoms with Crippen molar-refractivity contribution in [3.63, 3.8) is 0 Å². The summed E-state index contributed by atoms with van der Waals surface area (Å²) in [5.74, 6) is -0.00855. The molecule has 2 aromatic heterocycles. The summed E-state index contributed by atoms with van der Waals surface area (Å²) >= 11 is 0. The number of aromatic nitrogens is 2. The Labute approximate surface area is 112 Å². The Morgan fingerprint density at radius 1 is 1.58 bits per heavy atom. The van der Waals surface area contributed by atoms with E-state index >= 15 is 0 Å². The monoisotopic (exact) mass is 261 g/mol. The molecule has 0 aliphatic heterocycles. The highest BCUT2D eigenvalue weighted by Crippen LogP contribution is 2.23. The number of pyridine rings is 1. The fourth-order valence-corrected chi connectivity index (χ4v) is 2.13. The van der Waals surface area contributed by atoms with Crippen LogP contribution in [0.25, 0.3) is 10.9 Å². The number of carbonyl (C=O) groups excluding carboxylic acids is 1. The largest absolute Gasteiger partial charge is 0.383 e. The van der Waals surface area contributed by atoms with E-state index in [4.69, 9.17) is 4.74 Å². The third kappa shape index (κ3) is 2.76. The Morgan fingerprint density at radius 2 is 2.37 bits per heavy atom. The predicted octanol–water partition coefficient (Wildman–Crippen LogP) is 1.67. The van der Waals surface area contributed by atoms with Gasteiger partial charge < -0.3 is 14.6 Å². The van der Waals surface area contributed by atoms with Gasteiger partial charge in [0.15, 0.2) is 0 Å². The van der Waals surface area contributed by atoms with Gasteiger partial charge >= 0.3 is 0 Å². The van der Waals surface area contributed by atoms with Crippen molar-refractivity contribution in [2.24, 2.45) is 0 Å². The van der Waals surface area contributed by atoms with Gasteiger partial charge in [-0.05, 0) is 25.5 Å². The molecular formula is C14H19N3O2. The van der Waals surface area contributed by atoms with Crippen molar-refractivity contribution in [1.29, 1.82) is 0 Å². The normalized spacial score (nSPS) is 12.6. The van der Waals surface area contributed by atoms with E-state index in [0.29, 0.717) is 13.2 Å². The van der Waals surface area contributed by atoms with Crippen LogP contribution in [-0.4, -0.2) is 35.7 Å². The zero-order chi connectivity index (χ0) is 13.8. The fourth-order valence-electron chi connectivity index (χ4n) is 2.13. The van der Waals surface area contributed by atoms with Crippen molar-refractivity contribution >= 4 is 16.8 Å². The summed E-state index contributed by atoms with van der Waals surface area (Å²) < 4.78 is 6.90. The highest BCUT2D eigenvalue weighted by molar-refractivity contribution is 5.87. The number of ether oxygens (including phenoxy) is 1. The maximum Gasteiger partial charge on any atom is 0.242 e. The van der Waals surface area contributed by atoms with Gasteiger partial charge in [0.2, 0.25) is 5.91 Å². The number of aryl methyl sites for hydroxylation is 1. The second-order valence-electron chi connectivity index (χ2n) is 4.57. The molecule has 102 valence electrons. The van der Waals surface area contributed by atoms with Crippen LogP contribution in [0.1, 0.15) is 18.5 Å². The third-order valence-corrected chi connectivity index (χ3v) is 3.24. The number of amides is 1. The molecule has 1 amide bonds. The van der Waals surface area contributed by atoms with Crippen molar-refractivity contribution in [1.82, 2.24) is 14.9 Å². The first-order valence-electron chi connectivity index (χ1n) is 6.33. The lowest BCUT2D eigenvalue weighted by Crippen LogP contribution is -2.33. The molecular weight excluding hydrogens is 242 g/mol. The second-order valence-corrected chi connectivity index (χ2v) is 4.57. The Bertz CT molecular complexity index is 577. The summed E-state index contributed by atoms with van der Waals surface area (Å²) in [6.07, 6.45) is 5.57. The average molecular weight is 261 g/mol. The number of fused-ring (bicyclic) bond motifs is 1. The summed E-state index contributed by atoms with van der Waals surface area (Å²) in [6.45, 7) is 4.96. The Balaban J connectivity index is 2.21. The van der Waals surface area contributed by atoms with Gasteiger partial charge in [-0.2, -0.15) is 0 Å². The lowest BCUT2D eigenvalue weighted by atomic mass is 10.2.